The number of nitrogens with one attached hydrogen (secondary N) is 1. The number of hydrogen-bond acceptors (Lipinski definition) is 6. The van der Waals surface area contributed by atoms with Crippen molar-refractivity contribution in [3.63, 3.8) is 0 Å². The zero-order valence-corrected chi connectivity index (χ0v) is 20.6. The second-order valence-electron chi connectivity index (χ2n) is 7.00. The minimum atomic E-state index is 0. The Balaban J connectivity index is 0.00000256. The van der Waals surface area contributed by atoms with E-state index in [9.17, 15) is 0 Å². The van der Waals surface area contributed by atoms with Gasteiger partial charge < -0.3 is 19.5 Å². The molecule has 8 nitrogen and oxygen atoms in total. The summed E-state index contributed by atoms with van der Waals surface area (Å²) in [4.78, 5) is 18.8. The van der Waals surface area contributed by atoms with Crippen LogP contribution >= 0.6 is 35.5 Å². The molecule has 1 aliphatic heterocycles. The Labute approximate surface area is 198 Å². The third-order valence-corrected chi connectivity index (χ3v) is 5.82. The van der Waals surface area contributed by atoms with E-state index in [1.165, 1.54) is 11.5 Å². The lowest BCUT2D eigenvalue weighted by Gasteiger charge is -2.36. The average Bonchev–Trinajstić information content (AvgIpc) is 3.40. The summed E-state index contributed by atoms with van der Waals surface area (Å²) in [7, 11) is 0. The van der Waals surface area contributed by atoms with Gasteiger partial charge >= 0.3 is 0 Å². The van der Waals surface area contributed by atoms with Crippen LogP contribution in [0.4, 0.5) is 5.13 Å². The van der Waals surface area contributed by atoms with Gasteiger partial charge in [-0.2, -0.15) is 4.37 Å². The lowest BCUT2D eigenvalue weighted by Crippen LogP contribution is -2.52. The molecule has 30 heavy (non-hydrogen) atoms. The zero-order valence-electron chi connectivity index (χ0n) is 17.5. The summed E-state index contributed by atoms with van der Waals surface area (Å²) in [6, 6.07) is 6.06. The number of fused-ring (bicyclic) bond motifs is 1. The highest BCUT2D eigenvalue weighted by Gasteiger charge is 2.22. The van der Waals surface area contributed by atoms with Crippen LogP contribution in [0, 0.1) is 0 Å². The van der Waals surface area contributed by atoms with Crippen molar-refractivity contribution < 1.29 is 0 Å². The first-order valence-corrected chi connectivity index (χ1v) is 11.1. The number of nitrogens with zero attached hydrogens (tertiary/aromatic N) is 7. The predicted molar refractivity (Wildman–Crippen MR) is 133 cm³/mol. The molecule has 0 aromatic carbocycles. The van der Waals surface area contributed by atoms with E-state index in [-0.39, 0.29) is 24.0 Å². The van der Waals surface area contributed by atoms with Gasteiger partial charge in [-0.1, -0.05) is 13.0 Å². The third-order valence-electron chi connectivity index (χ3n) is 5.00. The van der Waals surface area contributed by atoms with Gasteiger partial charge in [0, 0.05) is 76.0 Å². The van der Waals surface area contributed by atoms with Crippen molar-refractivity contribution in [3.05, 3.63) is 42.1 Å². The molecule has 162 valence electrons. The Hall–Kier alpha value is -1.95. The molecule has 0 spiro atoms. The van der Waals surface area contributed by atoms with Crippen molar-refractivity contribution in [1.29, 1.82) is 0 Å². The van der Waals surface area contributed by atoms with Crippen molar-refractivity contribution in [3.8, 4) is 0 Å². The number of hydrogen-bond donors (Lipinski definition) is 1. The van der Waals surface area contributed by atoms with Gasteiger partial charge in [-0.3, -0.25) is 4.99 Å². The van der Waals surface area contributed by atoms with Crippen LogP contribution < -0.4 is 10.2 Å². The molecule has 1 saturated heterocycles. The van der Waals surface area contributed by atoms with E-state index in [1.54, 1.807) is 0 Å². The third kappa shape index (κ3) is 5.39. The first kappa shape index (κ1) is 22.7. The summed E-state index contributed by atoms with van der Waals surface area (Å²) in [6.07, 6.45) is 5.84. The quantitative estimate of drug-likeness (QED) is 0.295. The fourth-order valence-corrected chi connectivity index (χ4v) is 4.24. The van der Waals surface area contributed by atoms with Crippen LogP contribution in [-0.2, 0) is 12.8 Å². The summed E-state index contributed by atoms with van der Waals surface area (Å²) >= 11 is 1.51. The smallest absolute Gasteiger partial charge is 0.205 e. The number of aryl methyl sites for hydroxylation is 1. The van der Waals surface area contributed by atoms with Crippen LogP contribution in [0.3, 0.4) is 0 Å². The van der Waals surface area contributed by atoms with E-state index < -0.39 is 0 Å². The second-order valence-corrected chi connectivity index (χ2v) is 7.74. The maximum Gasteiger partial charge on any atom is 0.205 e. The Morgan fingerprint density at radius 1 is 1.17 bits per heavy atom. The lowest BCUT2D eigenvalue weighted by molar-refractivity contribution is 0.372. The Morgan fingerprint density at radius 3 is 2.70 bits per heavy atom. The highest BCUT2D eigenvalue weighted by molar-refractivity contribution is 14.0. The van der Waals surface area contributed by atoms with Crippen LogP contribution in [-0.4, -0.2) is 68.9 Å². The SMILES string of the molecule is CCNC(=NCCc1cn2ccccc2n1)N1CCN(c2nc(CC)ns2)CC1.I. The van der Waals surface area contributed by atoms with E-state index in [0.29, 0.717) is 0 Å². The normalized spacial score (nSPS) is 14.8. The summed E-state index contributed by atoms with van der Waals surface area (Å²) in [5.41, 5.74) is 2.06. The molecule has 1 aliphatic rings. The molecule has 0 bridgehead atoms. The fraction of sp³-hybridized carbons (Fsp3) is 0.500. The number of guanidine groups is 1. The number of aliphatic imine (C=N–C) groups is 1. The van der Waals surface area contributed by atoms with Crippen LogP contribution in [0.15, 0.2) is 35.6 Å². The predicted octanol–water partition coefficient (Wildman–Crippen LogP) is 2.70. The van der Waals surface area contributed by atoms with Gasteiger partial charge in [0.1, 0.15) is 11.5 Å². The standard InChI is InChI=1S/C20H28N8S.HI/c1-3-17-24-20(29-25-17)27-13-11-26(12-14-27)19(21-4-2)22-9-8-16-15-28-10-6-5-7-18(28)23-16;/h5-7,10,15H,3-4,8-9,11-14H2,1-2H3,(H,21,22);1H. The number of anilines is 1. The van der Waals surface area contributed by atoms with Crippen molar-refractivity contribution in [2.75, 3.05) is 44.2 Å². The monoisotopic (exact) mass is 540 g/mol. The first-order valence-electron chi connectivity index (χ1n) is 10.3. The number of rotatable bonds is 6. The molecule has 1 N–H and O–H groups in total. The average molecular weight is 540 g/mol. The van der Waals surface area contributed by atoms with Gasteiger partial charge in [0.05, 0.1) is 5.69 Å². The molecular weight excluding hydrogens is 511 g/mol. The number of piperazine rings is 1. The van der Waals surface area contributed by atoms with Crippen LogP contribution in [0.25, 0.3) is 5.65 Å². The number of halogens is 1. The number of pyridine rings is 1. The van der Waals surface area contributed by atoms with Crippen molar-refractivity contribution in [2.45, 2.75) is 26.7 Å². The van der Waals surface area contributed by atoms with Crippen LogP contribution in [0.1, 0.15) is 25.4 Å². The maximum atomic E-state index is 4.86. The van der Waals surface area contributed by atoms with Gasteiger partial charge in [-0.25, -0.2) is 9.97 Å². The number of imidazole rings is 1. The molecular formula is C20H29IN8S. The molecule has 0 atom stereocenters. The topological polar surface area (TPSA) is 74.0 Å². The fourth-order valence-electron chi connectivity index (χ4n) is 3.44. The Morgan fingerprint density at radius 2 is 2.00 bits per heavy atom. The summed E-state index contributed by atoms with van der Waals surface area (Å²) in [6.45, 7) is 9.54. The molecule has 1 fully saturated rings. The van der Waals surface area contributed by atoms with Gasteiger partial charge in [0.2, 0.25) is 5.13 Å². The maximum absolute atomic E-state index is 4.86. The summed E-state index contributed by atoms with van der Waals surface area (Å²) in [5.74, 6) is 1.93. The van der Waals surface area contributed by atoms with E-state index in [2.05, 4.69) is 53.9 Å². The van der Waals surface area contributed by atoms with Crippen molar-refractivity contribution in [1.82, 2.24) is 29.0 Å². The highest BCUT2D eigenvalue weighted by atomic mass is 127. The Kier molecular flexibility index (Phi) is 8.25. The molecule has 0 amide bonds. The van der Waals surface area contributed by atoms with Crippen LogP contribution in [0.5, 0.6) is 0 Å². The van der Waals surface area contributed by atoms with E-state index >= 15 is 0 Å². The summed E-state index contributed by atoms with van der Waals surface area (Å²) in [5, 5.41) is 4.48. The molecule has 3 aromatic heterocycles. The summed E-state index contributed by atoms with van der Waals surface area (Å²) < 4.78 is 6.47. The van der Waals surface area contributed by atoms with E-state index in [1.807, 2.05) is 24.4 Å². The van der Waals surface area contributed by atoms with Gasteiger partial charge in [-0.15, -0.1) is 24.0 Å². The lowest BCUT2D eigenvalue weighted by atomic mass is 10.3. The van der Waals surface area contributed by atoms with Gasteiger partial charge in [-0.05, 0) is 19.1 Å². The largest absolute Gasteiger partial charge is 0.357 e. The van der Waals surface area contributed by atoms with Gasteiger partial charge in [0.25, 0.3) is 0 Å². The molecule has 0 radical (unpaired) electrons. The molecule has 4 rings (SSSR count). The van der Waals surface area contributed by atoms with E-state index in [4.69, 9.17) is 4.99 Å². The second kappa shape index (κ2) is 10.9. The van der Waals surface area contributed by atoms with Crippen LogP contribution in [0.2, 0.25) is 0 Å². The van der Waals surface area contributed by atoms with E-state index in [0.717, 1.165) is 80.4 Å². The molecule has 4 heterocycles. The van der Waals surface area contributed by atoms with Crippen molar-refractivity contribution in [2.24, 2.45) is 4.99 Å². The molecule has 0 aliphatic carbocycles. The molecule has 0 unspecified atom stereocenters. The Bertz CT molecular complexity index is 928. The minimum Gasteiger partial charge on any atom is -0.357 e. The van der Waals surface area contributed by atoms with Gasteiger partial charge in [0.15, 0.2) is 5.96 Å². The minimum absolute atomic E-state index is 0. The molecule has 10 heteroatoms. The first-order chi connectivity index (χ1) is 14.3. The number of aromatic nitrogens is 4. The molecule has 0 saturated carbocycles. The van der Waals surface area contributed by atoms with Crippen molar-refractivity contribution >= 4 is 52.2 Å². The molecule has 3 aromatic rings. The zero-order chi connectivity index (χ0) is 20.1. The highest BCUT2D eigenvalue weighted by Crippen LogP contribution is 2.19.